The van der Waals surface area contributed by atoms with E-state index in [1.807, 2.05) is 0 Å². The van der Waals surface area contributed by atoms with Gasteiger partial charge in [-0.3, -0.25) is 33.3 Å². The third-order valence-corrected chi connectivity index (χ3v) is 15.1. The molecule has 2 aromatic heterocycles. The maximum atomic E-state index is 16.2. The highest BCUT2D eigenvalue weighted by atomic mass is 19.1. The summed E-state index contributed by atoms with van der Waals surface area (Å²) in [7, 11) is 1.37. The summed E-state index contributed by atoms with van der Waals surface area (Å²) in [6.45, 7) is 11.0. The first-order chi connectivity index (χ1) is 37.2. The molecule has 2 aromatic carbocycles. The van der Waals surface area contributed by atoms with Gasteiger partial charge in [0.05, 0.1) is 52.3 Å². The van der Waals surface area contributed by atoms with Crippen LogP contribution in [0.3, 0.4) is 0 Å². The number of amides is 1. The van der Waals surface area contributed by atoms with Crippen LogP contribution in [0.1, 0.15) is 95.5 Å². The monoisotopic (exact) mass is 1100 g/mol. The number of aliphatic hydroxyl groups is 2. The number of aromatic carboxylic acids is 1. The van der Waals surface area contributed by atoms with Crippen LogP contribution < -0.4 is 20.4 Å². The van der Waals surface area contributed by atoms with Gasteiger partial charge in [0.1, 0.15) is 46.2 Å². The van der Waals surface area contributed by atoms with Gasteiger partial charge >= 0.3 is 17.7 Å². The fourth-order valence-corrected chi connectivity index (χ4v) is 10.6. The smallest absolute Gasteiger partial charge is 0.341 e. The van der Waals surface area contributed by atoms with Crippen molar-refractivity contribution in [1.82, 2.24) is 19.8 Å². The van der Waals surface area contributed by atoms with Gasteiger partial charge in [-0.05, 0) is 38.1 Å². The number of halogens is 3. The van der Waals surface area contributed by atoms with E-state index in [-0.39, 0.29) is 48.7 Å². The molecule has 23 heteroatoms. The number of aromatic hydroxyl groups is 1. The number of esters is 1. The Morgan fingerprint density at radius 2 is 1.53 bits per heavy atom. The van der Waals surface area contributed by atoms with Gasteiger partial charge in [0.15, 0.2) is 17.3 Å². The molecule has 9 rings (SSSR count). The standard InChI is InChI=1S/C56H58F3N5O15/c1-24-11-10-12-25(2)54(73)60-41-42(62-16-18-63(19-17-62)53-35(59)22-32-46(69)33(55(74)75)23-64(52(32)61-53)36-14-13-31(57)21-34(36)58)48(71)38-39(47(41)70)45(68)29(6)50-40(38)51(72)56(8,79-50)77-20-15-37(76-9)26(3)49(78-30(7)65)28(5)44(67)27(4)43(24)66/h10-15,20-24,26-28,37,43-44,49,66-68H,16-19H2,1-9H3,(H,60,73)(H,74,75)/b11-10+,20-15+,25-12-/t24-,26+,27+,28+,37-,43-,44+,49+,56-/m0/s1. The molecule has 6 heterocycles. The molecule has 5 aliphatic rings. The number of rotatable bonds is 6. The summed E-state index contributed by atoms with van der Waals surface area (Å²) < 4.78 is 70.0. The number of aliphatic hydroxyl groups excluding tert-OH is 2. The molecule has 79 heavy (non-hydrogen) atoms. The minimum atomic E-state index is -2.25. The highest BCUT2D eigenvalue weighted by Crippen LogP contribution is 2.49. The van der Waals surface area contributed by atoms with Crippen molar-refractivity contribution < 1.29 is 81.3 Å². The van der Waals surface area contributed by atoms with Crippen LogP contribution in [0, 0.1) is 48.0 Å². The first-order valence-electron chi connectivity index (χ1n) is 25.2. The number of pyridine rings is 2. The van der Waals surface area contributed by atoms with E-state index >= 15 is 18.4 Å². The van der Waals surface area contributed by atoms with E-state index in [0.29, 0.717) is 6.07 Å². The third kappa shape index (κ3) is 10.3. The second-order valence-electron chi connectivity index (χ2n) is 20.3. The molecular weight excluding hydrogens is 1040 g/mol. The van der Waals surface area contributed by atoms with E-state index in [1.165, 1.54) is 62.8 Å². The summed E-state index contributed by atoms with van der Waals surface area (Å²) in [5.74, 6) is -16.1. The van der Waals surface area contributed by atoms with Gasteiger partial charge < -0.3 is 54.5 Å². The quantitative estimate of drug-likeness (QED) is 0.147. The largest absolute Gasteiger partial charge is 0.507 e. The average molecular weight is 1100 g/mol. The number of anilines is 1. The minimum absolute atomic E-state index is 0.00560. The third-order valence-electron chi connectivity index (χ3n) is 15.1. The van der Waals surface area contributed by atoms with Crippen molar-refractivity contribution in [1.29, 1.82) is 0 Å². The molecule has 418 valence electrons. The first-order valence-corrected chi connectivity index (χ1v) is 25.2. The molecule has 0 unspecified atom stereocenters. The number of aromatic nitrogens is 2. The number of methoxy groups -OCH3 is 1. The van der Waals surface area contributed by atoms with Gasteiger partial charge in [0.25, 0.3) is 11.7 Å². The van der Waals surface area contributed by atoms with Crippen LogP contribution in [0.25, 0.3) is 16.7 Å². The maximum absolute atomic E-state index is 16.2. The van der Waals surface area contributed by atoms with Crippen molar-refractivity contribution in [2.24, 2.45) is 23.7 Å². The number of ketones is 3. The van der Waals surface area contributed by atoms with Crippen LogP contribution in [0.4, 0.5) is 19.0 Å². The van der Waals surface area contributed by atoms with E-state index < -0.39 is 168 Å². The first kappa shape index (κ1) is 57.0. The number of benzene rings is 2. The van der Waals surface area contributed by atoms with Crippen molar-refractivity contribution in [3.05, 3.63) is 133 Å². The van der Waals surface area contributed by atoms with Gasteiger partial charge in [-0.15, -0.1) is 0 Å². The number of hydrogen-bond acceptors (Lipinski definition) is 17. The maximum Gasteiger partial charge on any atom is 0.341 e. The number of phenols is 1. The number of fused-ring (bicyclic) bond motifs is 15. The van der Waals surface area contributed by atoms with Crippen LogP contribution in [0.2, 0.25) is 0 Å². The SMILES string of the molecule is CO[C@H]1/C=C/O[C@@]2(C)Oc3c(C)c(O)c4c(c3C2=O)C(=O)C(N2CCN(c3nc5c(cc3F)c(=O)c(C(=O)O)cn5-c3ccc(F)cc3F)CC2)=C(NC(=O)/C(C)=C\C=C\[C@H](C)[C@H](O)[C@@H](C)[C@@H](O)[C@@H](C)[C@H](OC(C)=O)[C@@H]1C)C4=O. The molecule has 5 bridgehead atoms. The number of Topliss-reactive ketones (excluding diaryl/α,β-unsaturated/α-hetero) is 3. The number of carbonyl (C=O) groups excluding carboxylic acids is 5. The van der Waals surface area contributed by atoms with Gasteiger partial charge in [0, 0.05) is 94.2 Å². The van der Waals surface area contributed by atoms with E-state index in [2.05, 4.69) is 10.3 Å². The van der Waals surface area contributed by atoms with E-state index in [1.54, 1.807) is 33.8 Å². The number of ether oxygens (including phenoxy) is 4. The Balaban J connectivity index is 1.21. The summed E-state index contributed by atoms with van der Waals surface area (Å²) in [5.41, 5.74) is -5.56. The summed E-state index contributed by atoms with van der Waals surface area (Å²) in [6.07, 6.45) is 3.43. The van der Waals surface area contributed by atoms with Gasteiger partial charge in [0.2, 0.25) is 17.0 Å². The van der Waals surface area contributed by atoms with Crippen molar-refractivity contribution in [2.45, 2.75) is 85.6 Å². The van der Waals surface area contributed by atoms with Gasteiger partial charge in [-0.1, -0.05) is 45.9 Å². The zero-order valence-electron chi connectivity index (χ0n) is 44.4. The Bertz CT molecular complexity index is 3440. The Kier molecular flexibility index (Phi) is 15.8. The van der Waals surface area contributed by atoms with Crippen molar-refractivity contribution in [2.75, 3.05) is 38.2 Å². The molecular formula is C56H58F3N5O15. The highest BCUT2D eigenvalue weighted by Gasteiger charge is 2.53. The summed E-state index contributed by atoms with van der Waals surface area (Å²) in [6, 6.07) is 3.13. The lowest BCUT2D eigenvalue weighted by Gasteiger charge is -2.39. The van der Waals surface area contributed by atoms with Crippen molar-refractivity contribution >= 4 is 52.0 Å². The Labute approximate surface area is 450 Å². The summed E-state index contributed by atoms with van der Waals surface area (Å²) >= 11 is 0. The zero-order chi connectivity index (χ0) is 57.8. The summed E-state index contributed by atoms with van der Waals surface area (Å²) in [5, 5.41) is 46.7. The minimum Gasteiger partial charge on any atom is -0.507 e. The molecule has 4 aromatic rings. The highest BCUT2D eigenvalue weighted by molar-refractivity contribution is 6.32. The molecule has 0 saturated carbocycles. The number of carbonyl (C=O) groups is 6. The lowest BCUT2D eigenvalue weighted by Crippen LogP contribution is -2.50. The summed E-state index contributed by atoms with van der Waals surface area (Å²) in [4.78, 5) is 104. The second-order valence-corrected chi connectivity index (χ2v) is 20.3. The number of nitrogens with zero attached hydrogens (tertiary/aromatic N) is 4. The van der Waals surface area contributed by atoms with Crippen LogP contribution in [-0.2, 0) is 23.8 Å². The van der Waals surface area contributed by atoms with Crippen LogP contribution in [-0.4, -0.2) is 134 Å². The van der Waals surface area contributed by atoms with Crippen LogP contribution in [0.15, 0.2) is 82.8 Å². The van der Waals surface area contributed by atoms with E-state index in [9.17, 15) is 48.8 Å². The van der Waals surface area contributed by atoms with Crippen molar-refractivity contribution in [3.8, 4) is 17.2 Å². The fourth-order valence-electron chi connectivity index (χ4n) is 10.6. The normalized spacial score (nSPS) is 27.5. The van der Waals surface area contributed by atoms with Crippen LogP contribution >= 0.6 is 0 Å². The molecule has 4 aliphatic heterocycles. The fraction of sp³-hybridized carbons (Fsp3) is 0.393. The number of carboxylic acids is 1. The number of nitrogens with one attached hydrogen (secondary N) is 1. The molecule has 1 aliphatic carbocycles. The molecule has 1 fully saturated rings. The predicted molar refractivity (Wildman–Crippen MR) is 276 cm³/mol. The molecule has 1 amide bonds. The average Bonchev–Trinajstić information content (AvgIpc) is 3.90. The second kappa shape index (κ2) is 21.9. The number of hydrogen-bond donors (Lipinski definition) is 5. The van der Waals surface area contributed by atoms with Gasteiger partial charge in [-0.2, -0.15) is 0 Å². The molecule has 5 N–H and O–H groups in total. The van der Waals surface area contributed by atoms with E-state index in [4.69, 9.17) is 18.9 Å². The number of carboxylic acid groups (broad SMARTS) is 1. The molecule has 0 spiro atoms. The lowest BCUT2D eigenvalue weighted by atomic mass is 9.78. The van der Waals surface area contributed by atoms with E-state index in [0.717, 1.165) is 35.2 Å². The lowest BCUT2D eigenvalue weighted by molar-refractivity contribution is -0.160. The Morgan fingerprint density at radius 3 is 2.16 bits per heavy atom. The number of phenolic OH excluding ortho intramolecular Hbond substituents is 1. The molecule has 1 saturated heterocycles. The molecule has 9 atom stereocenters. The predicted octanol–water partition coefficient (Wildman–Crippen LogP) is 5.59. The Morgan fingerprint density at radius 1 is 0.861 bits per heavy atom. The number of piperazine rings is 1. The zero-order valence-corrected chi connectivity index (χ0v) is 44.4. The Hall–Kier alpha value is -8.15. The number of allylic oxidation sites excluding steroid dienone is 4. The van der Waals surface area contributed by atoms with Crippen molar-refractivity contribution in [3.63, 3.8) is 0 Å². The van der Waals surface area contributed by atoms with Gasteiger partial charge in [-0.25, -0.2) is 22.9 Å². The van der Waals surface area contributed by atoms with Crippen LogP contribution in [0.5, 0.6) is 11.5 Å². The molecule has 20 nitrogen and oxygen atoms in total. The molecule has 0 radical (unpaired) electrons. The topological polar surface area (TPSA) is 274 Å².